The van der Waals surface area contributed by atoms with E-state index in [-0.39, 0.29) is 24.5 Å². The van der Waals surface area contributed by atoms with Crippen LogP contribution in [0.4, 0.5) is 0 Å². The molecule has 11 nitrogen and oxygen atoms in total. The highest BCUT2D eigenvalue weighted by Gasteiger charge is 2.28. The topological polar surface area (TPSA) is 187 Å². The number of nitrogens with two attached hydrogens (primary N) is 1. The number of hydrogen-bond donors (Lipinski definition) is 7. The molecule has 39 heavy (non-hydrogen) atoms. The molecule has 3 rings (SSSR count). The number of carboxylic acids is 1. The number of aromatic amines is 1. The molecule has 0 saturated carbocycles. The monoisotopic (exact) mass is 537 g/mol. The summed E-state index contributed by atoms with van der Waals surface area (Å²) >= 11 is 0. The van der Waals surface area contributed by atoms with Crippen LogP contribution >= 0.6 is 0 Å². The first-order valence-electron chi connectivity index (χ1n) is 12.8. The highest BCUT2D eigenvalue weighted by atomic mass is 16.4. The average Bonchev–Trinajstić information content (AvgIpc) is 3.33. The van der Waals surface area contributed by atoms with Crippen molar-refractivity contribution in [3.05, 3.63) is 65.9 Å². The molecule has 0 saturated heterocycles. The molecule has 1 aromatic heterocycles. The van der Waals surface area contributed by atoms with Gasteiger partial charge in [-0.15, -0.1) is 0 Å². The van der Waals surface area contributed by atoms with Gasteiger partial charge in [-0.1, -0.05) is 50.6 Å². The number of hydrogen-bond acceptors (Lipinski definition) is 6. The normalized spacial score (nSPS) is 14.1. The highest BCUT2D eigenvalue weighted by Crippen LogP contribution is 2.19. The Morgan fingerprint density at radius 1 is 0.974 bits per heavy atom. The van der Waals surface area contributed by atoms with Gasteiger partial charge in [0.15, 0.2) is 0 Å². The number of phenols is 1. The molecule has 8 N–H and O–H groups in total. The number of aliphatic carboxylic acids is 1. The predicted molar refractivity (Wildman–Crippen MR) is 146 cm³/mol. The number of aromatic nitrogens is 1. The van der Waals surface area contributed by atoms with Gasteiger partial charge in [-0.2, -0.15) is 0 Å². The van der Waals surface area contributed by atoms with Crippen LogP contribution in [-0.4, -0.2) is 63.6 Å². The number of phenolic OH excluding ortho intramolecular Hbond substituents is 1. The van der Waals surface area contributed by atoms with E-state index in [0.717, 1.165) is 22.0 Å². The zero-order valence-corrected chi connectivity index (χ0v) is 21.9. The van der Waals surface area contributed by atoms with Crippen molar-refractivity contribution in [1.82, 2.24) is 20.9 Å². The molecule has 0 fully saturated rings. The number of carbonyl (C=O) groups excluding carboxylic acids is 3. The number of benzene rings is 2. The number of carboxylic acid groups (broad SMARTS) is 1. The van der Waals surface area contributed by atoms with E-state index in [1.165, 1.54) is 12.1 Å². The number of H-pyrrole nitrogens is 1. The van der Waals surface area contributed by atoms with E-state index >= 15 is 0 Å². The quantitative estimate of drug-likeness (QED) is 0.171. The summed E-state index contributed by atoms with van der Waals surface area (Å²) in [6.45, 7) is 3.07. The number of amides is 3. The summed E-state index contributed by atoms with van der Waals surface area (Å²) in [5.41, 5.74) is 8.50. The number of aromatic hydroxyl groups is 1. The van der Waals surface area contributed by atoms with Gasteiger partial charge in [-0.3, -0.25) is 14.4 Å². The molecule has 2 aromatic carbocycles. The maximum Gasteiger partial charge on any atom is 0.326 e. The van der Waals surface area contributed by atoms with E-state index in [1.54, 1.807) is 25.3 Å². The lowest BCUT2D eigenvalue weighted by Gasteiger charge is -2.22. The van der Waals surface area contributed by atoms with Crippen molar-refractivity contribution in [3.8, 4) is 5.75 Å². The minimum absolute atomic E-state index is 0.0927. The average molecular weight is 538 g/mol. The van der Waals surface area contributed by atoms with E-state index in [0.29, 0.717) is 6.42 Å². The van der Waals surface area contributed by atoms with E-state index in [1.807, 2.05) is 31.2 Å². The van der Waals surface area contributed by atoms with Gasteiger partial charge < -0.3 is 36.9 Å². The van der Waals surface area contributed by atoms with Crippen LogP contribution < -0.4 is 21.7 Å². The van der Waals surface area contributed by atoms with Gasteiger partial charge in [-0.25, -0.2) is 4.79 Å². The molecule has 1 heterocycles. The van der Waals surface area contributed by atoms with Crippen LogP contribution in [0.25, 0.3) is 10.9 Å². The third kappa shape index (κ3) is 8.05. The molecule has 0 radical (unpaired) electrons. The second-order valence-electron chi connectivity index (χ2n) is 9.59. The van der Waals surface area contributed by atoms with Crippen molar-refractivity contribution in [2.24, 2.45) is 11.7 Å². The fraction of sp³-hybridized carbons (Fsp3) is 0.357. The fourth-order valence-corrected chi connectivity index (χ4v) is 4.19. The number of para-hydroxylation sites is 1. The number of rotatable bonds is 13. The SMILES string of the molecule is CCC(C)C(NC(=O)CNC(=O)C(Cc1c[nH]c2ccccc12)NC(=O)C(N)Cc1ccc(O)cc1)C(=O)O. The van der Waals surface area contributed by atoms with E-state index in [2.05, 4.69) is 20.9 Å². The summed E-state index contributed by atoms with van der Waals surface area (Å²) in [7, 11) is 0. The van der Waals surface area contributed by atoms with Crippen LogP contribution in [0.15, 0.2) is 54.7 Å². The van der Waals surface area contributed by atoms with E-state index in [9.17, 15) is 29.4 Å². The van der Waals surface area contributed by atoms with Gasteiger partial charge in [0, 0.05) is 23.5 Å². The number of fused-ring (bicyclic) bond motifs is 1. The molecule has 4 unspecified atom stereocenters. The van der Waals surface area contributed by atoms with Crippen LogP contribution in [0, 0.1) is 5.92 Å². The van der Waals surface area contributed by atoms with E-state index in [4.69, 9.17) is 5.73 Å². The maximum absolute atomic E-state index is 13.2. The minimum Gasteiger partial charge on any atom is -0.508 e. The molecule has 11 heteroatoms. The third-order valence-electron chi connectivity index (χ3n) is 6.68. The zero-order chi connectivity index (χ0) is 28.5. The summed E-state index contributed by atoms with van der Waals surface area (Å²) in [4.78, 5) is 53.2. The minimum atomic E-state index is -1.16. The number of carbonyl (C=O) groups is 4. The lowest BCUT2D eigenvalue weighted by molar-refractivity contribution is -0.143. The highest BCUT2D eigenvalue weighted by molar-refractivity contribution is 5.93. The van der Waals surface area contributed by atoms with Gasteiger partial charge >= 0.3 is 5.97 Å². The van der Waals surface area contributed by atoms with Gasteiger partial charge in [-0.05, 0) is 41.7 Å². The Balaban J connectivity index is 1.71. The molecule has 208 valence electrons. The summed E-state index contributed by atoms with van der Waals surface area (Å²) in [6, 6.07) is 10.7. The molecule has 3 amide bonds. The van der Waals surface area contributed by atoms with Crippen LogP contribution in [0.5, 0.6) is 5.75 Å². The summed E-state index contributed by atoms with van der Waals surface area (Å²) in [5.74, 6) is -3.19. The first kappa shape index (κ1) is 29.2. The summed E-state index contributed by atoms with van der Waals surface area (Å²) < 4.78 is 0. The first-order valence-corrected chi connectivity index (χ1v) is 12.8. The standard InChI is InChI=1S/C28H35N5O6/c1-3-16(2)25(28(38)39)33-24(35)15-31-27(37)23(13-18-14-30-22-7-5-4-6-20(18)22)32-26(36)21(29)12-17-8-10-19(34)11-9-17/h4-11,14,16,21,23,25,30,34H,3,12-13,15,29H2,1-2H3,(H,31,37)(H,32,36)(H,33,35)(H,38,39). The second kappa shape index (κ2) is 13.4. The van der Waals surface area contributed by atoms with Crippen LogP contribution in [0.1, 0.15) is 31.4 Å². The molecule has 0 bridgehead atoms. The molecular weight excluding hydrogens is 502 g/mol. The lowest BCUT2D eigenvalue weighted by Crippen LogP contribution is -2.55. The lowest BCUT2D eigenvalue weighted by atomic mass is 9.99. The molecular formula is C28H35N5O6. The number of nitrogens with one attached hydrogen (secondary N) is 4. The van der Waals surface area contributed by atoms with Crippen molar-refractivity contribution in [2.45, 2.75) is 51.2 Å². The molecule has 0 aliphatic heterocycles. The van der Waals surface area contributed by atoms with Crippen molar-refractivity contribution < 1.29 is 29.4 Å². The Morgan fingerprint density at radius 3 is 2.33 bits per heavy atom. The molecule has 0 spiro atoms. The molecule has 3 aromatic rings. The Bertz CT molecular complexity index is 1310. The van der Waals surface area contributed by atoms with Gasteiger partial charge in [0.2, 0.25) is 17.7 Å². The van der Waals surface area contributed by atoms with Gasteiger partial charge in [0.25, 0.3) is 0 Å². The molecule has 4 atom stereocenters. The fourth-order valence-electron chi connectivity index (χ4n) is 4.19. The van der Waals surface area contributed by atoms with E-state index < -0.39 is 48.4 Å². The molecule has 0 aliphatic carbocycles. The van der Waals surface area contributed by atoms with Crippen LogP contribution in [0.2, 0.25) is 0 Å². The Morgan fingerprint density at radius 2 is 1.67 bits per heavy atom. The summed E-state index contributed by atoms with van der Waals surface area (Å²) in [5, 5.41) is 27.4. The second-order valence-corrected chi connectivity index (χ2v) is 9.59. The Labute approximate surface area is 226 Å². The van der Waals surface area contributed by atoms with Crippen molar-refractivity contribution in [3.63, 3.8) is 0 Å². The van der Waals surface area contributed by atoms with Crippen molar-refractivity contribution >= 4 is 34.6 Å². The molecule has 0 aliphatic rings. The predicted octanol–water partition coefficient (Wildman–Crippen LogP) is 1.20. The van der Waals surface area contributed by atoms with Gasteiger partial charge in [0.05, 0.1) is 12.6 Å². The van der Waals surface area contributed by atoms with Crippen molar-refractivity contribution in [1.29, 1.82) is 0 Å². The smallest absolute Gasteiger partial charge is 0.326 e. The Hall–Kier alpha value is -4.38. The zero-order valence-electron chi connectivity index (χ0n) is 21.9. The van der Waals surface area contributed by atoms with Crippen LogP contribution in [0.3, 0.4) is 0 Å². The maximum atomic E-state index is 13.2. The van der Waals surface area contributed by atoms with Crippen LogP contribution in [-0.2, 0) is 32.0 Å². The first-order chi connectivity index (χ1) is 18.6. The van der Waals surface area contributed by atoms with Crippen molar-refractivity contribution in [2.75, 3.05) is 6.54 Å². The largest absolute Gasteiger partial charge is 0.508 e. The third-order valence-corrected chi connectivity index (χ3v) is 6.68. The Kier molecular flexibility index (Phi) is 10.0. The van der Waals surface area contributed by atoms with Gasteiger partial charge in [0.1, 0.15) is 17.8 Å². The summed E-state index contributed by atoms with van der Waals surface area (Å²) in [6.07, 6.45) is 2.61.